The Bertz CT molecular complexity index is 598. The average Bonchev–Trinajstić information content (AvgIpc) is 3.03. The summed E-state index contributed by atoms with van der Waals surface area (Å²) in [6, 6.07) is 8.57. The van der Waals surface area contributed by atoms with Gasteiger partial charge in [0.1, 0.15) is 6.04 Å². The molecule has 0 aliphatic carbocycles. The molecule has 27 heavy (non-hydrogen) atoms. The smallest absolute Gasteiger partial charge is 0.243 e. The van der Waals surface area contributed by atoms with Gasteiger partial charge in [0.15, 0.2) is 0 Å². The van der Waals surface area contributed by atoms with Crippen LogP contribution < -0.4 is 10.6 Å². The van der Waals surface area contributed by atoms with Gasteiger partial charge < -0.3 is 20.6 Å². The Labute approximate surface area is 163 Å². The van der Waals surface area contributed by atoms with Gasteiger partial charge in [0.25, 0.3) is 0 Å². The lowest BCUT2D eigenvalue weighted by molar-refractivity contribution is -0.142. The van der Waals surface area contributed by atoms with Gasteiger partial charge in [-0.1, -0.05) is 65.0 Å². The predicted octanol–water partition coefficient (Wildman–Crippen LogP) is 1.92. The molecule has 0 bridgehead atoms. The van der Waals surface area contributed by atoms with Gasteiger partial charge in [0.2, 0.25) is 11.8 Å². The molecule has 0 saturated carbocycles. The number of likely N-dealkylation sites (tertiary alicyclic amines) is 1. The van der Waals surface area contributed by atoms with Crippen molar-refractivity contribution in [2.75, 3.05) is 13.6 Å². The first-order valence-corrected chi connectivity index (χ1v) is 9.71. The van der Waals surface area contributed by atoms with Gasteiger partial charge >= 0.3 is 0 Å². The van der Waals surface area contributed by atoms with Crippen LogP contribution in [0.3, 0.4) is 0 Å². The maximum atomic E-state index is 12.9. The lowest BCUT2D eigenvalue weighted by Crippen LogP contribution is -2.55. The summed E-state index contributed by atoms with van der Waals surface area (Å²) in [5.41, 5.74) is 0.708. The molecule has 1 aliphatic rings. The maximum absolute atomic E-state index is 12.9. The van der Waals surface area contributed by atoms with Gasteiger partial charge in [-0.2, -0.15) is 0 Å². The number of hydrogen-bond donors (Lipinski definition) is 3. The first-order valence-electron chi connectivity index (χ1n) is 9.71. The summed E-state index contributed by atoms with van der Waals surface area (Å²) in [4.78, 5) is 27.0. The summed E-state index contributed by atoms with van der Waals surface area (Å²) in [5.74, 6) is -0.371. The molecule has 1 fully saturated rings. The standard InChI is InChI=1S/C19H29N3O3.C2H6/c1-19(2,3)16(20-4)18(25)22-12-14(23)10-15(22)17(24)21-11-13-8-6-5-7-9-13;1-2/h5-9,14-16,20,23H,10-12H2,1-4H3,(H,21,24);1-2H3. The first-order chi connectivity index (χ1) is 12.7. The number of nitrogens with one attached hydrogen (secondary N) is 2. The lowest BCUT2D eigenvalue weighted by Gasteiger charge is -2.34. The van der Waals surface area contributed by atoms with E-state index in [-0.39, 0.29) is 30.2 Å². The predicted molar refractivity (Wildman–Crippen MR) is 108 cm³/mol. The zero-order valence-corrected chi connectivity index (χ0v) is 17.5. The minimum Gasteiger partial charge on any atom is -0.391 e. The molecule has 2 amide bonds. The summed E-state index contributed by atoms with van der Waals surface area (Å²) in [6.45, 7) is 10.5. The second-order valence-electron chi connectivity index (χ2n) is 7.69. The zero-order chi connectivity index (χ0) is 20.6. The van der Waals surface area contributed by atoms with Crippen molar-refractivity contribution in [2.24, 2.45) is 5.41 Å². The number of hydrogen-bond acceptors (Lipinski definition) is 4. The topological polar surface area (TPSA) is 81.7 Å². The first kappa shape index (κ1) is 23.1. The van der Waals surface area contributed by atoms with E-state index in [0.29, 0.717) is 6.54 Å². The molecule has 3 N–H and O–H groups in total. The maximum Gasteiger partial charge on any atom is 0.243 e. The number of amides is 2. The van der Waals surface area contributed by atoms with Crippen molar-refractivity contribution in [1.82, 2.24) is 15.5 Å². The van der Waals surface area contributed by atoms with E-state index in [1.54, 1.807) is 7.05 Å². The fourth-order valence-corrected chi connectivity index (χ4v) is 3.30. The van der Waals surface area contributed by atoms with Crippen LogP contribution in [0.25, 0.3) is 0 Å². The van der Waals surface area contributed by atoms with Crippen LogP contribution in [0, 0.1) is 5.41 Å². The SMILES string of the molecule is CC.CNC(C(=O)N1CC(O)CC1C(=O)NCc1ccccc1)C(C)(C)C. The van der Waals surface area contributed by atoms with E-state index < -0.39 is 18.2 Å². The van der Waals surface area contributed by atoms with Crippen LogP contribution in [-0.2, 0) is 16.1 Å². The third kappa shape index (κ3) is 6.33. The van der Waals surface area contributed by atoms with Gasteiger partial charge in [0, 0.05) is 19.5 Å². The van der Waals surface area contributed by atoms with Crippen molar-refractivity contribution in [3.63, 3.8) is 0 Å². The molecule has 0 radical (unpaired) electrons. The lowest BCUT2D eigenvalue weighted by atomic mass is 9.86. The highest BCUT2D eigenvalue weighted by atomic mass is 16.3. The van der Waals surface area contributed by atoms with Crippen molar-refractivity contribution in [3.8, 4) is 0 Å². The Balaban J connectivity index is 0.00000176. The van der Waals surface area contributed by atoms with Crippen LogP contribution in [0.1, 0.15) is 46.6 Å². The Kier molecular flexibility index (Phi) is 8.93. The molecule has 6 nitrogen and oxygen atoms in total. The normalized spacial score (nSPS) is 20.5. The van der Waals surface area contributed by atoms with E-state index in [1.165, 1.54) is 4.90 Å². The fourth-order valence-electron chi connectivity index (χ4n) is 3.30. The van der Waals surface area contributed by atoms with Gasteiger partial charge in [-0.15, -0.1) is 0 Å². The van der Waals surface area contributed by atoms with Gasteiger partial charge in [0.05, 0.1) is 12.1 Å². The summed E-state index contributed by atoms with van der Waals surface area (Å²) in [7, 11) is 1.74. The van der Waals surface area contributed by atoms with Gasteiger partial charge in [-0.05, 0) is 18.0 Å². The Morgan fingerprint density at radius 3 is 2.33 bits per heavy atom. The number of carbonyl (C=O) groups is 2. The van der Waals surface area contributed by atoms with Crippen molar-refractivity contribution < 1.29 is 14.7 Å². The molecule has 1 saturated heterocycles. The number of likely N-dealkylation sites (N-methyl/N-ethyl adjacent to an activating group) is 1. The number of nitrogens with zero attached hydrogens (tertiary/aromatic N) is 1. The van der Waals surface area contributed by atoms with E-state index >= 15 is 0 Å². The molecule has 1 heterocycles. The van der Waals surface area contributed by atoms with Crippen molar-refractivity contribution in [1.29, 1.82) is 0 Å². The summed E-state index contributed by atoms with van der Waals surface area (Å²) < 4.78 is 0. The van der Waals surface area contributed by atoms with Crippen LogP contribution >= 0.6 is 0 Å². The highest BCUT2D eigenvalue weighted by molar-refractivity contribution is 5.91. The Morgan fingerprint density at radius 2 is 1.81 bits per heavy atom. The molecule has 0 aromatic heterocycles. The number of benzene rings is 1. The molecule has 3 atom stereocenters. The molecule has 1 aliphatic heterocycles. The number of aliphatic hydroxyl groups is 1. The second kappa shape index (κ2) is 10.4. The number of rotatable bonds is 5. The highest BCUT2D eigenvalue weighted by Gasteiger charge is 2.43. The Hall–Kier alpha value is -1.92. The molecule has 152 valence electrons. The zero-order valence-electron chi connectivity index (χ0n) is 17.5. The molecule has 0 spiro atoms. The third-order valence-corrected chi connectivity index (χ3v) is 4.58. The van der Waals surface area contributed by atoms with Gasteiger partial charge in [-0.25, -0.2) is 0 Å². The molecule has 1 aromatic rings. The number of β-amino-alcohol motifs (C(OH)–C–C–N with tert-alkyl or cyclic N) is 1. The quantitative estimate of drug-likeness (QED) is 0.732. The van der Waals surface area contributed by atoms with Crippen LogP contribution in [0.2, 0.25) is 0 Å². The Morgan fingerprint density at radius 1 is 1.22 bits per heavy atom. The monoisotopic (exact) mass is 377 g/mol. The molecule has 3 unspecified atom stereocenters. The molecule has 6 heteroatoms. The molecule has 2 rings (SSSR count). The largest absolute Gasteiger partial charge is 0.391 e. The van der Waals surface area contributed by atoms with Crippen LogP contribution in [0.5, 0.6) is 0 Å². The van der Waals surface area contributed by atoms with Crippen LogP contribution in [0.15, 0.2) is 30.3 Å². The summed E-state index contributed by atoms with van der Waals surface area (Å²) in [5, 5.41) is 15.9. The van der Waals surface area contributed by atoms with Crippen molar-refractivity contribution in [2.45, 2.75) is 65.8 Å². The van der Waals surface area contributed by atoms with Crippen molar-refractivity contribution >= 4 is 11.8 Å². The molecular formula is C21H35N3O3. The number of aliphatic hydroxyl groups excluding tert-OH is 1. The molecule has 1 aromatic carbocycles. The average molecular weight is 378 g/mol. The van der Waals surface area contributed by atoms with E-state index in [0.717, 1.165) is 5.56 Å². The minimum absolute atomic E-state index is 0.147. The van der Waals surface area contributed by atoms with Crippen LogP contribution in [-0.4, -0.2) is 53.6 Å². The van der Waals surface area contributed by atoms with Gasteiger partial charge in [-0.3, -0.25) is 9.59 Å². The van der Waals surface area contributed by atoms with E-state index in [4.69, 9.17) is 0 Å². The van der Waals surface area contributed by atoms with Crippen LogP contribution in [0.4, 0.5) is 0 Å². The van der Waals surface area contributed by atoms with Crippen molar-refractivity contribution in [3.05, 3.63) is 35.9 Å². The fraction of sp³-hybridized carbons (Fsp3) is 0.619. The van der Waals surface area contributed by atoms with E-state index in [9.17, 15) is 14.7 Å². The molecular weight excluding hydrogens is 342 g/mol. The summed E-state index contributed by atoms with van der Waals surface area (Å²) in [6.07, 6.45) is -0.402. The number of carbonyl (C=O) groups excluding carboxylic acids is 2. The van der Waals surface area contributed by atoms with E-state index in [2.05, 4.69) is 10.6 Å². The highest BCUT2D eigenvalue weighted by Crippen LogP contribution is 2.25. The van der Waals surface area contributed by atoms with E-state index in [1.807, 2.05) is 65.0 Å². The summed E-state index contributed by atoms with van der Waals surface area (Å²) >= 11 is 0. The third-order valence-electron chi connectivity index (χ3n) is 4.58. The second-order valence-corrected chi connectivity index (χ2v) is 7.69. The minimum atomic E-state index is -0.672.